The molecule has 3 heterocycles. The van der Waals surface area contributed by atoms with Crippen LogP contribution in [0.5, 0.6) is 0 Å². The molecule has 0 radical (unpaired) electrons. The third-order valence-corrected chi connectivity index (χ3v) is 4.13. The van der Waals surface area contributed by atoms with E-state index >= 15 is 0 Å². The van der Waals surface area contributed by atoms with Crippen LogP contribution in [0.1, 0.15) is 0 Å². The minimum Gasteiger partial charge on any atom is -0.259 e. The minimum atomic E-state index is -1.03. The summed E-state index contributed by atoms with van der Waals surface area (Å²) < 4.78 is 69.4. The van der Waals surface area contributed by atoms with Crippen LogP contribution in [-0.2, 0) is 0 Å². The van der Waals surface area contributed by atoms with Gasteiger partial charge in [-0.25, -0.2) is 22.0 Å². The Morgan fingerprint density at radius 1 is 0.655 bits per heavy atom. The molecule has 0 unspecified atom stereocenters. The summed E-state index contributed by atoms with van der Waals surface area (Å²) in [4.78, 5) is 7.02. The lowest BCUT2D eigenvalue weighted by Crippen LogP contribution is -1.97. The summed E-state index contributed by atoms with van der Waals surface area (Å²) >= 11 is 0. The fraction of sp³-hybridized carbons (Fsp3) is 0. The van der Waals surface area contributed by atoms with Crippen LogP contribution < -0.4 is 0 Å². The van der Waals surface area contributed by atoms with Crippen molar-refractivity contribution < 1.29 is 22.0 Å². The van der Waals surface area contributed by atoms with Crippen molar-refractivity contribution in [3.05, 3.63) is 84.2 Å². The van der Waals surface area contributed by atoms with Crippen molar-refractivity contribution in [1.82, 2.24) is 20.2 Å². The Balaban J connectivity index is 1.83. The number of halogens is 5. The van der Waals surface area contributed by atoms with Gasteiger partial charge in [-0.3, -0.25) is 9.97 Å². The van der Waals surface area contributed by atoms with Crippen LogP contribution in [0.4, 0.5) is 22.0 Å². The monoisotopic (exact) mass is 400 g/mol. The molecule has 0 bridgehead atoms. The highest BCUT2D eigenvalue weighted by atomic mass is 19.1. The zero-order chi connectivity index (χ0) is 20.5. The second-order valence-electron chi connectivity index (χ2n) is 5.99. The predicted molar refractivity (Wildman–Crippen MR) is 93.7 cm³/mol. The van der Waals surface area contributed by atoms with Crippen molar-refractivity contribution in [3.8, 4) is 33.6 Å². The Hall–Kier alpha value is -3.75. The number of aromatic nitrogens is 4. The fourth-order valence-corrected chi connectivity index (χ4v) is 2.80. The Morgan fingerprint density at radius 2 is 1.41 bits per heavy atom. The lowest BCUT2D eigenvalue weighted by molar-refractivity contribution is 0.573. The first kappa shape index (κ1) is 18.6. The van der Waals surface area contributed by atoms with Gasteiger partial charge in [0.15, 0.2) is 17.5 Å². The third-order valence-electron chi connectivity index (χ3n) is 4.13. The molecule has 0 fully saturated rings. The van der Waals surface area contributed by atoms with Gasteiger partial charge >= 0.3 is 0 Å². The fourth-order valence-electron chi connectivity index (χ4n) is 2.80. The molecule has 0 aliphatic rings. The van der Waals surface area contributed by atoms with E-state index in [4.69, 9.17) is 0 Å². The van der Waals surface area contributed by atoms with Gasteiger partial charge in [-0.1, -0.05) is 6.07 Å². The maximum Gasteiger partial charge on any atom is 0.153 e. The number of hydrogen-bond donors (Lipinski definition) is 0. The van der Waals surface area contributed by atoms with Gasteiger partial charge in [0.05, 0.1) is 36.0 Å². The summed E-state index contributed by atoms with van der Waals surface area (Å²) in [5.74, 6) is -4.55. The Labute approximate surface area is 160 Å². The Kier molecular flexibility index (Phi) is 4.71. The molecule has 3 aromatic heterocycles. The van der Waals surface area contributed by atoms with Crippen molar-refractivity contribution >= 4 is 0 Å². The molecule has 1 aromatic carbocycles. The van der Waals surface area contributed by atoms with Crippen LogP contribution in [0, 0.1) is 29.1 Å². The summed E-state index contributed by atoms with van der Waals surface area (Å²) in [6.07, 6.45) is 3.75. The maximum atomic E-state index is 14.3. The van der Waals surface area contributed by atoms with Crippen molar-refractivity contribution in [3.63, 3.8) is 0 Å². The smallest absolute Gasteiger partial charge is 0.153 e. The van der Waals surface area contributed by atoms with E-state index in [1.165, 1.54) is 24.4 Å². The van der Waals surface area contributed by atoms with E-state index in [1.807, 2.05) is 0 Å². The lowest BCUT2D eigenvalue weighted by atomic mass is 10.0. The molecular formula is C20H9F5N4. The molecular weight excluding hydrogens is 391 g/mol. The molecule has 0 saturated carbocycles. The molecule has 144 valence electrons. The summed E-state index contributed by atoms with van der Waals surface area (Å²) in [5.41, 5.74) is -0.397. The minimum absolute atomic E-state index is 0.100. The summed E-state index contributed by atoms with van der Waals surface area (Å²) in [6, 6.07) is 5.66. The zero-order valence-electron chi connectivity index (χ0n) is 14.4. The van der Waals surface area contributed by atoms with Crippen LogP contribution in [0.25, 0.3) is 33.6 Å². The maximum absolute atomic E-state index is 14.3. The normalized spacial score (nSPS) is 10.9. The van der Waals surface area contributed by atoms with Gasteiger partial charge in [-0.05, 0) is 23.8 Å². The molecule has 0 saturated heterocycles. The van der Waals surface area contributed by atoms with Gasteiger partial charge in [-0.2, -0.15) is 10.2 Å². The van der Waals surface area contributed by atoms with E-state index in [2.05, 4.69) is 20.2 Å². The van der Waals surface area contributed by atoms with Crippen molar-refractivity contribution in [1.29, 1.82) is 0 Å². The Morgan fingerprint density at radius 3 is 2.14 bits per heavy atom. The first-order valence-electron chi connectivity index (χ1n) is 8.17. The quantitative estimate of drug-likeness (QED) is 0.456. The van der Waals surface area contributed by atoms with Crippen LogP contribution in [0.3, 0.4) is 0 Å². The third kappa shape index (κ3) is 3.54. The van der Waals surface area contributed by atoms with Gasteiger partial charge in [0.25, 0.3) is 0 Å². The molecule has 0 atom stereocenters. The molecule has 0 aliphatic carbocycles. The highest BCUT2D eigenvalue weighted by Crippen LogP contribution is 2.31. The molecule has 4 aromatic rings. The van der Waals surface area contributed by atoms with E-state index in [0.29, 0.717) is 17.2 Å². The SMILES string of the molecule is Fc1cnc(-c2cc(-c3cnnc(-c4c(F)cncc4F)c3)ccc2F)c(F)c1. The largest absolute Gasteiger partial charge is 0.259 e. The first-order chi connectivity index (χ1) is 13.9. The van der Waals surface area contributed by atoms with E-state index < -0.39 is 34.6 Å². The van der Waals surface area contributed by atoms with E-state index in [9.17, 15) is 22.0 Å². The average molecular weight is 400 g/mol. The highest BCUT2D eigenvalue weighted by Gasteiger charge is 2.17. The number of pyridine rings is 2. The van der Waals surface area contributed by atoms with E-state index in [1.54, 1.807) is 0 Å². The molecule has 4 rings (SSSR count). The average Bonchev–Trinajstić information content (AvgIpc) is 2.69. The Bertz CT molecular complexity index is 1210. The number of hydrogen-bond acceptors (Lipinski definition) is 4. The summed E-state index contributed by atoms with van der Waals surface area (Å²) in [6.45, 7) is 0. The van der Waals surface area contributed by atoms with Crippen LogP contribution >= 0.6 is 0 Å². The number of nitrogens with zero attached hydrogens (tertiary/aromatic N) is 4. The second-order valence-corrected chi connectivity index (χ2v) is 5.99. The van der Waals surface area contributed by atoms with Crippen LogP contribution in [-0.4, -0.2) is 20.2 Å². The summed E-state index contributed by atoms with van der Waals surface area (Å²) in [7, 11) is 0. The molecule has 29 heavy (non-hydrogen) atoms. The topological polar surface area (TPSA) is 51.6 Å². The molecule has 0 N–H and O–H groups in total. The second kappa shape index (κ2) is 7.34. The number of benzene rings is 1. The zero-order valence-corrected chi connectivity index (χ0v) is 14.4. The highest BCUT2D eigenvalue weighted by molar-refractivity contribution is 5.74. The molecule has 0 aliphatic heterocycles. The van der Waals surface area contributed by atoms with E-state index in [0.717, 1.165) is 24.7 Å². The van der Waals surface area contributed by atoms with Crippen molar-refractivity contribution in [2.45, 2.75) is 0 Å². The van der Waals surface area contributed by atoms with Crippen molar-refractivity contribution in [2.75, 3.05) is 0 Å². The lowest BCUT2D eigenvalue weighted by Gasteiger charge is -2.09. The molecule has 0 spiro atoms. The van der Waals surface area contributed by atoms with Crippen LogP contribution in [0.15, 0.2) is 55.1 Å². The standard InChI is InChI=1S/C20H9F5N4/c21-12-5-15(23)20(27-7-12)13-3-10(1-2-14(13)22)11-4-18(29-28-6-11)19-16(24)8-26-9-17(19)25/h1-9H. The van der Waals surface area contributed by atoms with E-state index in [-0.39, 0.29) is 17.0 Å². The summed E-state index contributed by atoms with van der Waals surface area (Å²) in [5, 5.41) is 7.47. The predicted octanol–water partition coefficient (Wildman–Crippen LogP) is 4.96. The van der Waals surface area contributed by atoms with Gasteiger partial charge in [0.2, 0.25) is 0 Å². The molecule has 9 heteroatoms. The van der Waals surface area contributed by atoms with Crippen molar-refractivity contribution in [2.24, 2.45) is 0 Å². The van der Waals surface area contributed by atoms with Gasteiger partial charge < -0.3 is 0 Å². The van der Waals surface area contributed by atoms with Gasteiger partial charge in [-0.15, -0.1) is 0 Å². The van der Waals surface area contributed by atoms with Gasteiger partial charge in [0, 0.05) is 17.2 Å². The number of rotatable bonds is 3. The van der Waals surface area contributed by atoms with Crippen LogP contribution in [0.2, 0.25) is 0 Å². The molecule has 0 amide bonds. The first-order valence-corrected chi connectivity index (χ1v) is 8.17. The molecule has 4 nitrogen and oxygen atoms in total. The van der Waals surface area contributed by atoms with Gasteiger partial charge in [0.1, 0.15) is 17.3 Å².